The highest BCUT2D eigenvalue weighted by Crippen LogP contribution is 2.51. The van der Waals surface area contributed by atoms with Crippen LogP contribution in [0.5, 0.6) is 0 Å². The number of fused-ring (bicyclic) bond motifs is 2. The van der Waals surface area contributed by atoms with Crippen LogP contribution in [-0.2, 0) is 19.1 Å². The van der Waals surface area contributed by atoms with E-state index < -0.39 is 11.5 Å². The topological polar surface area (TPSA) is 96.4 Å². The van der Waals surface area contributed by atoms with E-state index in [0.717, 1.165) is 24.8 Å². The summed E-state index contributed by atoms with van der Waals surface area (Å²) >= 11 is 0. The van der Waals surface area contributed by atoms with Crippen LogP contribution in [0.4, 0.5) is 0 Å². The van der Waals surface area contributed by atoms with Crippen molar-refractivity contribution < 1.29 is 29.3 Å². The van der Waals surface area contributed by atoms with Crippen LogP contribution >= 0.6 is 0 Å². The number of ketones is 1. The van der Waals surface area contributed by atoms with Gasteiger partial charge in [0.25, 0.3) is 0 Å². The van der Waals surface area contributed by atoms with Gasteiger partial charge in [0.2, 0.25) is 5.78 Å². The van der Waals surface area contributed by atoms with Crippen molar-refractivity contribution in [2.75, 3.05) is 6.61 Å². The van der Waals surface area contributed by atoms with Crippen LogP contribution < -0.4 is 0 Å². The van der Waals surface area contributed by atoms with Crippen LogP contribution in [0.3, 0.4) is 0 Å². The number of carbonyl (C=O) groups excluding carboxylic acids is 2. The molecule has 1 saturated heterocycles. The second-order valence-electron chi connectivity index (χ2n) is 10.8. The van der Waals surface area contributed by atoms with E-state index in [2.05, 4.69) is 19.9 Å². The lowest BCUT2D eigenvalue weighted by Crippen LogP contribution is -2.32. The number of Topliss-reactive ketones (excluding diaryl/α,β-unsaturated/α-hetero) is 1. The largest absolute Gasteiger partial charge is 0.504 e. The highest BCUT2D eigenvalue weighted by molar-refractivity contribution is 6.02. The molecule has 0 amide bonds. The Balaban J connectivity index is 1.93. The van der Waals surface area contributed by atoms with Crippen LogP contribution in [0, 0.1) is 17.3 Å². The highest BCUT2D eigenvalue weighted by atomic mass is 16.6. The predicted octanol–water partition coefficient (Wildman–Crippen LogP) is 4.97. The van der Waals surface area contributed by atoms with E-state index in [1.807, 2.05) is 26.8 Å². The first-order chi connectivity index (χ1) is 15.4. The van der Waals surface area contributed by atoms with Gasteiger partial charge in [0.05, 0.1) is 24.4 Å². The molecule has 1 fully saturated rings. The Kier molecular flexibility index (Phi) is 7.59. The third-order valence-electron chi connectivity index (χ3n) is 8.05. The third-order valence-corrected chi connectivity index (χ3v) is 8.05. The molecule has 33 heavy (non-hydrogen) atoms. The average molecular weight is 461 g/mol. The number of hydrogen-bond donors (Lipinski definition) is 2. The number of aliphatic hydroxyl groups excluding tert-OH is 2. The van der Waals surface area contributed by atoms with Crippen molar-refractivity contribution in [2.24, 2.45) is 17.3 Å². The number of ether oxygens (including phenoxy) is 2. The standard InChI is InChI=1S/C27H40O6/c1-16-7-10-22-27(6,33-22)14-12-21(29)17(2)8-9-20-23(18(3)15-32-19(4)28)24(30)25(31)26(20,5)13-11-16/h8,11,18,20-22,29-30H,7,9-10,12-15H2,1-6H3/b16-11+,17-8+/t18-,20-,21+,22+,26+,27+/m1/s1. The van der Waals surface area contributed by atoms with Crippen molar-refractivity contribution >= 4 is 11.8 Å². The van der Waals surface area contributed by atoms with Crippen molar-refractivity contribution in [3.05, 3.63) is 34.6 Å². The molecule has 2 N–H and O–H groups in total. The van der Waals surface area contributed by atoms with Gasteiger partial charge in [0.1, 0.15) is 0 Å². The summed E-state index contributed by atoms with van der Waals surface area (Å²) in [6, 6.07) is 0. The first-order valence-corrected chi connectivity index (χ1v) is 12.2. The summed E-state index contributed by atoms with van der Waals surface area (Å²) in [5, 5.41) is 21.6. The van der Waals surface area contributed by atoms with Crippen LogP contribution in [-0.4, -0.2) is 46.4 Å². The van der Waals surface area contributed by atoms with Crippen molar-refractivity contribution in [2.45, 2.75) is 97.9 Å². The maximum Gasteiger partial charge on any atom is 0.302 e. The van der Waals surface area contributed by atoms with E-state index in [1.54, 1.807) is 0 Å². The Bertz CT molecular complexity index is 883. The van der Waals surface area contributed by atoms with Gasteiger partial charge in [0, 0.05) is 24.2 Å². The zero-order valence-corrected chi connectivity index (χ0v) is 20.9. The fraction of sp³-hybridized carbons (Fsp3) is 0.704. The first kappa shape index (κ1) is 25.7. The maximum absolute atomic E-state index is 13.3. The fourth-order valence-electron chi connectivity index (χ4n) is 5.41. The maximum atomic E-state index is 13.3. The van der Waals surface area contributed by atoms with Crippen molar-refractivity contribution in [3.63, 3.8) is 0 Å². The molecule has 0 spiro atoms. The molecule has 6 atom stereocenters. The van der Waals surface area contributed by atoms with E-state index in [-0.39, 0.29) is 47.7 Å². The molecule has 0 bridgehead atoms. The van der Waals surface area contributed by atoms with Gasteiger partial charge >= 0.3 is 5.97 Å². The van der Waals surface area contributed by atoms with Crippen molar-refractivity contribution in [1.29, 1.82) is 0 Å². The molecule has 0 aromatic heterocycles. The molecule has 3 aliphatic rings. The third kappa shape index (κ3) is 5.43. The Morgan fingerprint density at radius 3 is 2.64 bits per heavy atom. The monoisotopic (exact) mass is 460 g/mol. The van der Waals surface area contributed by atoms with Crippen LogP contribution in [0.25, 0.3) is 0 Å². The molecular formula is C27H40O6. The molecule has 0 radical (unpaired) electrons. The summed E-state index contributed by atoms with van der Waals surface area (Å²) in [6.07, 6.45) is 8.06. The van der Waals surface area contributed by atoms with Gasteiger partial charge in [-0.2, -0.15) is 0 Å². The molecule has 0 unspecified atom stereocenters. The minimum Gasteiger partial charge on any atom is -0.504 e. The van der Waals surface area contributed by atoms with Crippen LogP contribution in [0.15, 0.2) is 34.6 Å². The summed E-state index contributed by atoms with van der Waals surface area (Å²) in [5.74, 6) is -1.34. The Morgan fingerprint density at radius 2 is 1.97 bits per heavy atom. The molecule has 184 valence electrons. The summed E-state index contributed by atoms with van der Waals surface area (Å²) in [5.41, 5.74) is 1.78. The molecule has 2 aliphatic carbocycles. The van der Waals surface area contributed by atoms with Crippen LogP contribution in [0.2, 0.25) is 0 Å². The zero-order chi connectivity index (χ0) is 24.6. The number of carbonyl (C=O) groups is 2. The first-order valence-electron chi connectivity index (χ1n) is 12.2. The van der Waals surface area contributed by atoms with Crippen molar-refractivity contribution in [1.82, 2.24) is 0 Å². The summed E-state index contributed by atoms with van der Waals surface area (Å²) in [4.78, 5) is 24.7. The van der Waals surface area contributed by atoms with E-state index >= 15 is 0 Å². The number of rotatable bonds is 3. The number of hydrogen-bond acceptors (Lipinski definition) is 6. The van der Waals surface area contributed by atoms with E-state index in [0.29, 0.717) is 24.8 Å². The molecule has 1 heterocycles. The number of allylic oxidation sites excluding steroid dienone is 4. The van der Waals surface area contributed by atoms with Gasteiger partial charge in [-0.3, -0.25) is 9.59 Å². The lowest BCUT2D eigenvalue weighted by molar-refractivity contribution is -0.141. The highest BCUT2D eigenvalue weighted by Gasteiger charge is 2.52. The summed E-state index contributed by atoms with van der Waals surface area (Å²) < 4.78 is 11.1. The second-order valence-corrected chi connectivity index (χ2v) is 10.8. The van der Waals surface area contributed by atoms with Gasteiger partial charge in [0.15, 0.2) is 5.76 Å². The molecule has 0 aromatic rings. The predicted molar refractivity (Wildman–Crippen MR) is 127 cm³/mol. The normalized spacial score (nSPS) is 39.7. The van der Waals surface area contributed by atoms with Gasteiger partial charge in [-0.15, -0.1) is 0 Å². The molecular weight excluding hydrogens is 420 g/mol. The smallest absolute Gasteiger partial charge is 0.302 e. The minimum absolute atomic E-state index is 0.120. The minimum atomic E-state index is -0.794. The SMILES string of the molecule is CC(=O)OC[C@@H](C)C1=C(O)C(=O)[C@@]2(C)C/C=C(\C)CC[C@@H]3O[C@@]3(C)CC[C@H](O)/C(C)=C/C[C@H]12. The van der Waals surface area contributed by atoms with E-state index in [9.17, 15) is 19.8 Å². The van der Waals surface area contributed by atoms with Gasteiger partial charge in [-0.25, -0.2) is 0 Å². The van der Waals surface area contributed by atoms with Gasteiger partial charge in [-0.05, 0) is 70.4 Å². The van der Waals surface area contributed by atoms with Gasteiger partial charge in [-0.1, -0.05) is 31.6 Å². The van der Waals surface area contributed by atoms with Crippen molar-refractivity contribution in [3.8, 4) is 0 Å². The lowest BCUT2D eigenvalue weighted by atomic mass is 9.70. The average Bonchev–Trinajstić information content (AvgIpc) is 3.38. The quantitative estimate of drug-likeness (QED) is 0.351. The number of epoxide rings is 1. The van der Waals surface area contributed by atoms with Gasteiger partial charge < -0.3 is 19.7 Å². The molecule has 1 aliphatic heterocycles. The molecule has 6 nitrogen and oxygen atoms in total. The molecule has 0 saturated carbocycles. The summed E-state index contributed by atoms with van der Waals surface area (Å²) in [6.45, 7) is 11.4. The lowest BCUT2D eigenvalue weighted by Gasteiger charge is -2.32. The number of esters is 1. The Hall–Kier alpha value is -1.92. The molecule has 0 aromatic carbocycles. The Labute approximate surface area is 197 Å². The Morgan fingerprint density at radius 1 is 1.27 bits per heavy atom. The zero-order valence-electron chi connectivity index (χ0n) is 20.9. The molecule has 3 rings (SSSR count). The van der Waals surface area contributed by atoms with E-state index in [1.165, 1.54) is 12.5 Å². The number of aliphatic hydroxyl groups is 2. The van der Waals surface area contributed by atoms with E-state index in [4.69, 9.17) is 9.47 Å². The second kappa shape index (κ2) is 9.75. The summed E-state index contributed by atoms with van der Waals surface area (Å²) in [7, 11) is 0. The fourth-order valence-corrected chi connectivity index (χ4v) is 5.41. The molecule has 6 heteroatoms. The van der Waals surface area contributed by atoms with Crippen LogP contribution in [0.1, 0.15) is 80.1 Å².